The molecule has 0 saturated heterocycles. The molecule has 2 aromatic heterocycles. The summed E-state index contributed by atoms with van der Waals surface area (Å²) in [6.45, 7) is 0.114. The minimum absolute atomic E-state index is 0.0659. The van der Waals surface area contributed by atoms with Crippen LogP contribution in [0.25, 0.3) is 16.3 Å². The number of hydrogen-bond donors (Lipinski definition) is 2. The molecular weight excluding hydrogens is 346 g/mol. The van der Waals surface area contributed by atoms with Gasteiger partial charge in [-0.2, -0.15) is 5.10 Å². The molecule has 0 radical (unpaired) electrons. The molecule has 0 aliphatic carbocycles. The predicted molar refractivity (Wildman–Crippen MR) is 93.8 cm³/mol. The van der Waals surface area contributed by atoms with Gasteiger partial charge in [-0.3, -0.25) is 0 Å². The van der Waals surface area contributed by atoms with Crippen molar-refractivity contribution in [3.05, 3.63) is 54.0 Å². The second kappa shape index (κ2) is 7.27. The summed E-state index contributed by atoms with van der Waals surface area (Å²) in [4.78, 5) is 0.916. The lowest BCUT2D eigenvalue weighted by atomic mass is 10.3. The first-order chi connectivity index (χ1) is 11.6. The first-order valence-electron chi connectivity index (χ1n) is 7.41. The van der Waals surface area contributed by atoms with Crippen molar-refractivity contribution in [1.29, 1.82) is 0 Å². The summed E-state index contributed by atoms with van der Waals surface area (Å²) in [6.07, 6.45) is 1.88. The third kappa shape index (κ3) is 3.57. The molecule has 126 valence electrons. The molecule has 0 bridgehead atoms. The normalized spacial score (nSPS) is 11.7. The Labute approximate surface area is 144 Å². The van der Waals surface area contributed by atoms with Crippen molar-refractivity contribution in [2.75, 3.05) is 13.2 Å². The van der Waals surface area contributed by atoms with E-state index in [9.17, 15) is 8.42 Å². The van der Waals surface area contributed by atoms with Gasteiger partial charge in [0, 0.05) is 13.2 Å². The van der Waals surface area contributed by atoms with Crippen molar-refractivity contribution in [2.24, 2.45) is 0 Å². The van der Waals surface area contributed by atoms with E-state index in [1.54, 1.807) is 4.68 Å². The number of aliphatic hydroxyl groups is 1. The maximum absolute atomic E-state index is 12.6. The van der Waals surface area contributed by atoms with Gasteiger partial charge in [-0.25, -0.2) is 17.8 Å². The van der Waals surface area contributed by atoms with Gasteiger partial charge in [-0.15, -0.1) is 11.3 Å². The molecule has 2 heterocycles. The third-order valence-electron chi connectivity index (χ3n) is 3.37. The van der Waals surface area contributed by atoms with Gasteiger partial charge < -0.3 is 5.11 Å². The van der Waals surface area contributed by atoms with Gasteiger partial charge in [0.05, 0.1) is 16.8 Å². The molecule has 0 unspecified atom stereocenters. The Morgan fingerprint density at radius 1 is 1.17 bits per heavy atom. The number of para-hydroxylation sites is 1. The van der Waals surface area contributed by atoms with Crippen molar-refractivity contribution in [3.63, 3.8) is 0 Å². The lowest BCUT2D eigenvalue weighted by molar-refractivity contribution is 0.289. The average molecular weight is 363 g/mol. The van der Waals surface area contributed by atoms with Crippen molar-refractivity contribution in [2.45, 2.75) is 11.3 Å². The number of benzene rings is 1. The summed E-state index contributed by atoms with van der Waals surface area (Å²) in [6, 6.07) is 13.1. The molecule has 0 spiro atoms. The molecule has 3 aromatic rings. The van der Waals surface area contributed by atoms with E-state index in [0.717, 1.165) is 10.6 Å². The van der Waals surface area contributed by atoms with E-state index >= 15 is 0 Å². The van der Waals surface area contributed by atoms with Gasteiger partial charge in [-0.05, 0) is 30.0 Å². The van der Waals surface area contributed by atoms with Crippen LogP contribution in [0.1, 0.15) is 6.42 Å². The number of thiophene rings is 1. The summed E-state index contributed by atoms with van der Waals surface area (Å²) in [5, 5.41) is 15.2. The van der Waals surface area contributed by atoms with E-state index in [4.69, 9.17) is 5.11 Å². The smallest absolute Gasteiger partial charge is 0.244 e. The molecule has 3 rings (SSSR count). The molecule has 0 aliphatic rings. The molecule has 8 heteroatoms. The quantitative estimate of drug-likeness (QED) is 0.631. The monoisotopic (exact) mass is 363 g/mol. The topological polar surface area (TPSA) is 84.2 Å². The summed E-state index contributed by atoms with van der Waals surface area (Å²) in [5.41, 5.74) is 1.21. The lowest BCUT2D eigenvalue weighted by Crippen LogP contribution is -2.25. The Morgan fingerprint density at radius 2 is 1.96 bits per heavy atom. The van der Waals surface area contributed by atoms with Gasteiger partial charge >= 0.3 is 0 Å². The third-order valence-corrected chi connectivity index (χ3v) is 5.71. The number of hydrogen-bond acceptors (Lipinski definition) is 5. The molecule has 0 amide bonds. The Morgan fingerprint density at radius 3 is 2.62 bits per heavy atom. The van der Waals surface area contributed by atoms with Crippen molar-refractivity contribution < 1.29 is 13.5 Å². The molecule has 0 aliphatic heterocycles. The van der Waals surface area contributed by atoms with Crippen LogP contribution < -0.4 is 4.72 Å². The first-order valence-corrected chi connectivity index (χ1v) is 9.77. The van der Waals surface area contributed by atoms with E-state index in [1.807, 2.05) is 47.8 Å². The number of rotatable bonds is 7. The molecule has 0 saturated carbocycles. The highest BCUT2D eigenvalue weighted by Gasteiger charge is 2.24. The van der Waals surface area contributed by atoms with E-state index in [1.165, 1.54) is 17.5 Å². The highest BCUT2D eigenvalue weighted by molar-refractivity contribution is 7.89. The van der Waals surface area contributed by atoms with Crippen LogP contribution in [-0.2, 0) is 10.0 Å². The van der Waals surface area contributed by atoms with E-state index in [2.05, 4.69) is 9.82 Å². The maximum Gasteiger partial charge on any atom is 0.244 e. The fourth-order valence-electron chi connectivity index (χ4n) is 2.22. The largest absolute Gasteiger partial charge is 0.396 e. The zero-order valence-corrected chi connectivity index (χ0v) is 14.4. The van der Waals surface area contributed by atoms with Crippen molar-refractivity contribution in [3.8, 4) is 16.3 Å². The molecule has 24 heavy (non-hydrogen) atoms. The maximum atomic E-state index is 12.6. The fourth-order valence-corrected chi connectivity index (χ4v) is 4.22. The molecule has 0 fully saturated rings. The molecule has 2 N–H and O–H groups in total. The van der Waals surface area contributed by atoms with Crippen LogP contribution in [0.3, 0.4) is 0 Å². The molecule has 1 aromatic carbocycles. The van der Waals surface area contributed by atoms with Crippen LogP contribution in [0, 0.1) is 0 Å². The summed E-state index contributed by atoms with van der Waals surface area (Å²) < 4.78 is 29.3. The SMILES string of the molecule is O=S(=O)(NCCCO)c1cn(-c2ccccc2)nc1-c1cccs1. The standard InChI is InChI=1S/C16H17N3O3S2/c20-10-5-9-17-24(21,22)15-12-19(13-6-2-1-3-7-13)18-16(15)14-8-4-11-23-14/h1-4,6-8,11-12,17,20H,5,9-10H2. The minimum atomic E-state index is -3.71. The van der Waals surface area contributed by atoms with Gasteiger partial charge in [0.25, 0.3) is 0 Å². The van der Waals surface area contributed by atoms with Gasteiger partial charge in [0.15, 0.2) is 0 Å². The number of aromatic nitrogens is 2. The fraction of sp³-hybridized carbons (Fsp3) is 0.188. The van der Waals surface area contributed by atoms with Gasteiger partial charge in [0.1, 0.15) is 10.6 Å². The molecule has 6 nitrogen and oxygen atoms in total. The highest BCUT2D eigenvalue weighted by Crippen LogP contribution is 2.30. The zero-order valence-electron chi connectivity index (χ0n) is 12.8. The number of sulfonamides is 1. The predicted octanol–water partition coefficient (Wildman–Crippen LogP) is 2.26. The van der Waals surface area contributed by atoms with Gasteiger partial charge in [-0.1, -0.05) is 24.3 Å². The second-order valence-electron chi connectivity index (χ2n) is 5.07. The molecule has 0 atom stereocenters. The van der Waals surface area contributed by atoms with Crippen LogP contribution in [0.5, 0.6) is 0 Å². The molecular formula is C16H17N3O3S2. The summed E-state index contributed by atoms with van der Waals surface area (Å²) >= 11 is 1.44. The summed E-state index contributed by atoms with van der Waals surface area (Å²) in [5.74, 6) is 0. The zero-order chi connectivity index (χ0) is 17.0. The van der Waals surface area contributed by atoms with Crippen LogP contribution in [0.4, 0.5) is 0 Å². The second-order valence-corrected chi connectivity index (χ2v) is 7.76. The van der Waals surface area contributed by atoms with Crippen LogP contribution >= 0.6 is 11.3 Å². The Hall–Kier alpha value is -2.00. The Bertz CT molecular complexity index is 888. The lowest BCUT2D eigenvalue weighted by Gasteiger charge is -2.05. The minimum Gasteiger partial charge on any atom is -0.396 e. The Kier molecular flexibility index (Phi) is 5.10. The van der Waals surface area contributed by atoms with Gasteiger partial charge in [0.2, 0.25) is 10.0 Å². The number of nitrogens with one attached hydrogen (secondary N) is 1. The van der Waals surface area contributed by atoms with Crippen molar-refractivity contribution in [1.82, 2.24) is 14.5 Å². The first kappa shape index (κ1) is 16.8. The van der Waals surface area contributed by atoms with E-state index in [-0.39, 0.29) is 18.0 Å². The highest BCUT2D eigenvalue weighted by atomic mass is 32.2. The average Bonchev–Trinajstić information content (AvgIpc) is 3.25. The van der Waals surface area contributed by atoms with Crippen LogP contribution in [0.15, 0.2) is 58.9 Å². The number of aliphatic hydroxyl groups excluding tert-OH is 1. The van der Waals surface area contributed by atoms with E-state index < -0.39 is 10.0 Å². The van der Waals surface area contributed by atoms with Crippen molar-refractivity contribution >= 4 is 21.4 Å². The summed E-state index contributed by atoms with van der Waals surface area (Å²) in [7, 11) is -3.71. The van der Waals surface area contributed by atoms with Crippen LogP contribution in [0.2, 0.25) is 0 Å². The van der Waals surface area contributed by atoms with E-state index in [0.29, 0.717) is 12.1 Å². The number of nitrogens with zero attached hydrogens (tertiary/aromatic N) is 2. The Balaban J connectivity index is 2.05. The van der Waals surface area contributed by atoms with Crippen LogP contribution in [-0.4, -0.2) is 36.5 Å².